The number of hydrogen-bond acceptors (Lipinski definition) is 3. The molecule has 0 radical (unpaired) electrons. The fourth-order valence-electron chi connectivity index (χ4n) is 1.60. The number of urea groups is 1. The molecule has 0 atom stereocenters. The normalized spacial score (nSPS) is 11.0. The highest BCUT2D eigenvalue weighted by molar-refractivity contribution is 7.89. The van der Waals surface area contributed by atoms with Crippen LogP contribution >= 0.6 is 0 Å². The highest BCUT2D eigenvalue weighted by atomic mass is 32.2. The van der Waals surface area contributed by atoms with Crippen molar-refractivity contribution >= 4 is 27.4 Å². The molecular formula is C13H11F2N3O3S. The number of nitrogens with two attached hydrogens (primary N) is 1. The first-order valence-electron chi connectivity index (χ1n) is 5.91. The molecule has 0 bridgehead atoms. The van der Waals surface area contributed by atoms with E-state index in [2.05, 4.69) is 10.6 Å². The van der Waals surface area contributed by atoms with Crippen molar-refractivity contribution in [3.8, 4) is 0 Å². The molecule has 0 spiro atoms. The smallest absolute Gasteiger partial charge is 0.308 e. The number of benzene rings is 2. The van der Waals surface area contributed by atoms with Crippen LogP contribution < -0.4 is 15.8 Å². The Kier molecular flexibility index (Phi) is 4.38. The third-order valence-electron chi connectivity index (χ3n) is 2.62. The van der Waals surface area contributed by atoms with E-state index < -0.39 is 27.7 Å². The molecule has 2 aromatic carbocycles. The van der Waals surface area contributed by atoms with E-state index in [0.717, 1.165) is 12.1 Å². The van der Waals surface area contributed by atoms with Crippen molar-refractivity contribution in [1.29, 1.82) is 0 Å². The van der Waals surface area contributed by atoms with Crippen LogP contribution in [0.4, 0.5) is 25.0 Å². The summed E-state index contributed by atoms with van der Waals surface area (Å²) in [5, 5.41) is 9.65. The molecule has 2 rings (SSSR count). The molecule has 0 unspecified atom stereocenters. The highest BCUT2D eigenvalue weighted by Crippen LogP contribution is 2.15. The van der Waals surface area contributed by atoms with Crippen molar-refractivity contribution in [2.45, 2.75) is 4.90 Å². The monoisotopic (exact) mass is 327 g/mol. The van der Waals surface area contributed by atoms with E-state index in [9.17, 15) is 22.0 Å². The number of nitrogens with one attached hydrogen (secondary N) is 2. The number of halogens is 2. The van der Waals surface area contributed by atoms with Gasteiger partial charge in [-0.2, -0.15) is 0 Å². The predicted octanol–water partition coefficient (Wildman–Crippen LogP) is 2.26. The lowest BCUT2D eigenvalue weighted by Gasteiger charge is -2.08. The summed E-state index contributed by atoms with van der Waals surface area (Å²) in [6, 6.07) is 7.34. The molecule has 0 heterocycles. The molecule has 0 saturated heterocycles. The zero-order valence-corrected chi connectivity index (χ0v) is 11.8. The third kappa shape index (κ3) is 3.99. The minimum Gasteiger partial charge on any atom is -0.308 e. The summed E-state index contributed by atoms with van der Waals surface area (Å²) in [6.45, 7) is 0. The Morgan fingerprint density at radius 2 is 1.45 bits per heavy atom. The Bertz CT molecular complexity index is 808. The summed E-state index contributed by atoms with van der Waals surface area (Å²) in [6.07, 6.45) is 0. The summed E-state index contributed by atoms with van der Waals surface area (Å²) in [7, 11) is -3.81. The first-order chi connectivity index (χ1) is 10.3. The fourth-order valence-corrected chi connectivity index (χ4v) is 2.11. The van der Waals surface area contributed by atoms with Crippen LogP contribution in [0.3, 0.4) is 0 Å². The first-order valence-corrected chi connectivity index (χ1v) is 7.46. The lowest BCUT2D eigenvalue weighted by molar-refractivity contribution is 0.262. The van der Waals surface area contributed by atoms with E-state index in [1.54, 1.807) is 0 Å². The number of hydrogen-bond donors (Lipinski definition) is 3. The molecule has 0 aromatic heterocycles. The fraction of sp³-hybridized carbons (Fsp3) is 0. The lowest BCUT2D eigenvalue weighted by Crippen LogP contribution is -2.19. The number of anilines is 2. The summed E-state index contributed by atoms with van der Waals surface area (Å²) in [5.41, 5.74) is 0.366. The zero-order chi connectivity index (χ0) is 16.3. The van der Waals surface area contributed by atoms with Gasteiger partial charge in [-0.05, 0) is 36.4 Å². The molecule has 116 valence electrons. The molecule has 0 aliphatic heterocycles. The Balaban J connectivity index is 2.04. The molecule has 0 fully saturated rings. The van der Waals surface area contributed by atoms with Gasteiger partial charge in [-0.15, -0.1) is 0 Å². The van der Waals surface area contributed by atoms with Gasteiger partial charge >= 0.3 is 6.03 Å². The number of carbonyl (C=O) groups is 1. The predicted molar refractivity (Wildman–Crippen MR) is 76.8 cm³/mol. The van der Waals surface area contributed by atoms with Crippen LogP contribution in [0.2, 0.25) is 0 Å². The van der Waals surface area contributed by atoms with E-state index in [1.807, 2.05) is 0 Å². The second-order valence-electron chi connectivity index (χ2n) is 4.28. The van der Waals surface area contributed by atoms with Gasteiger partial charge in [0, 0.05) is 17.4 Å². The maximum atomic E-state index is 13.0. The molecule has 22 heavy (non-hydrogen) atoms. The standard InChI is InChI=1S/C13H11F2N3O3S/c14-11-6-3-9(7-12(11)15)18-13(19)17-8-1-4-10(5-2-8)22(16,20)21/h1-7H,(H2,16,20,21)(H2,17,18,19). The highest BCUT2D eigenvalue weighted by Gasteiger charge is 2.09. The molecule has 9 heteroatoms. The van der Waals surface area contributed by atoms with E-state index in [-0.39, 0.29) is 10.6 Å². The number of rotatable bonds is 3. The van der Waals surface area contributed by atoms with Gasteiger partial charge in [0.05, 0.1) is 4.90 Å². The van der Waals surface area contributed by atoms with Crippen molar-refractivity contribution in [2.24, 2.45) is 5.14 Å². The Hall–Kier alpha value is -2.52. The van der Waals surface area contributed by atoms with Gasteiger partial charge in [-0.3, -0.25) is 0 Å². The van der Waals surface area contributed by atoms with E-state index in [4.69, 9.17) is 5.14 Å². The zero-order valence-electron chi connectivity index (χ0n) is 11.0. The number of sulfonamides is 1. The summed E-state index contributed by atoms with van der Waals surface area (Å²) in [5.74, 6) is -2.11. The lowest BCUT2D eigenvalue weighted by atomic mass is 10.3. The van der Waals surface area contributed by atoms with E-state index in [1.165, 1.54) is 30.3 Å². The first kappa shape index (κ1) is 15.9. The number of carbonyl (C=O) groups excluding carboxylic acids is 1. The van der Waals surface area contributed by atoms with Crippen LogP contribution in [0.15, 0.2) is 47.4 Å². The van der Waals surface area contributed by atoms with Gasteiger partial charge in [-0.1, -0.05) is 0 Å². The SMILES string of the molecule is NS(=O)(=O)c1ccc(NC(=O)Nc2ccc(F)c(F)c2)cc1. The third-order valence-corrected chi connectivity index (χ3v) is 3.55. The number of amides is 2. The second-order valence-corrected chi connectivity index (χ2v) is 5.84. The van der Waals surface area contributed by atoms with Crippen LogP contribution in [-0.2, 0) is 10.0 Å². The largest absolute Gasteiger partial charge is 0.323 e. The molecule has 0 aliphatic rings. The van der Waals surface area contributed by atoms with Crippen molar-refractivity contribution in [1.82, 2.24) is 0 Å². The van der Waals surface area contributed by atoms with Crippen LogP contribution in [0.5, 0.6) is 0 Å². The molecule has 0 aliphatic carbocycles. The van der Waals surface area contributed by atoms with Gasteiger partial charge in [0.1, 0.15) is 0 Å². The molecule has 6 nitrogen and oxygen atoms in total. The summed E-state index contributed by atoms with van der Waals surface area (Å²) < 4.78 is 47.9. The molecule has 2 amide bonds. The Labute approximate surface area is 125 Å². The van der Waals surface area contributed by atoms with Gasteiger partial charge in [0.25, 0.3) is 0 Å². The molecular weight excluding hydrogens is 316 g/mol. The van der Waals surface area contributed by atoms with Crippen LogP contribution in [-0.4, -0.2) is 14.4 Å². The molecule has 4 N–H and O–H groups in total. The maximum absolute atomic E-state index is 13.0. The van der Waals surface area contributed by atoms with Crippen LogP contribution in [0, 0.1) is 11.6 Å². The summed E-state index contributed by atoms with van der Waals surface area (Å²) in [4.78, 5) is 11.6. The second kappa shape index (κ2) is 6.08. The van der Waals surface area contributed by atoms with Crippen molar-refractivity contribution < 1.29 is 22.0 Å². The minimum absolute atomic E-state index is 0.0672. The molecule has 2 aromatic rings. The van der Waals surface area contributed by atoms with Gasteiger partial charge < -0.3 is 10.6 Å². The van der Waals surface area contributed by atoms with Gasteiger partial charge in [0.15, 0.2) is 11.6 Å². The average Bonchev–Trinajstić information content (AvgIpc) is 2.42. The quantitative estimate of drug-likeness (QED) is 0.806. The van der Waals surface area contributed by atoms with E-state index in [0.29, 0.717) is 5.69 Å². The van der Waals surface area contributed by atoms with Crippen molar-refractivity contribution in [2.75, 3.05) is 10.6 Å². The van der Waals surface area contributed by atoms with Gasteiger partial charge in [-0.25, -0.2) is 27.1 Å². The van der Waals surface area contributed by atoms with E-state index >= 15 is 0 Å². The van der Waals surface area contributed by atoms with Crippen molar-refractivity contribution in [3.05, 3.63) is 54.1 Å². The van der Waals surface area contributed by atoms with Crippen LogP contribution in [0.25, 0.3) is 0 Å². The topological polar surface area (TPSA) is 101 Å². The molecule has 0 saturated carbocycles. The average molecular weight is 327 g/mol. The number of primary sulfonamides is 1. The van der Waals surface area contributed by atoms with Crippen molar-refractivity contribution in [3.63, 3.8) is 0 Å². The minimum atomic E-state index is -3.81. The Morgan fingerprint density at radius 3 is 2.00 bits per heavy atom. The Morgan fingerprint density at radius 1 is 0.909 bits per heavy atom. The van der Waals surface area contributed by atoms with Gasteiger partial charge in [0.2, 0.25) is 10.0 Å². The summed E-state index contributed by atoms with van der Waals surface area (Å²) >= 11 is 0. The maximum Gasteiger partial charge on any atom is 0.323 e. The van der Waals surface area contributed by atoms with Crippen LogP contribution in [0.1, 0.15) is 0 Å².